The van der Waals surface area contributed by atoms with Gasteiger partial charge < -0.3 is 5.32 Å². The quantitative estimate of drug-likeness (QED) is 0.773. The van der Waals surface area contributed by atoms with Crippen molar-refractivity contribution in [2.75, 3.05) is 13.1 Å². The van der Waals surface area contributed by atoms with Gasteiger partial charge in [0.2, 0.25) is 0 Å². The Balaban J connectivity index is 1.67. The van der Waals surface area contributed by atoms with Crippen LogP contribution in [-0.4, -0.2) is 13.1 Å². The third-order valence-corrected chi connectivity index (χ3v) is 5.98. The molecule has 0 saturated heterocycles. The zero-order chi connectivity index (χ0) is 13.9. The Hall–Kier alpha value is -0.340. The van der Waals surface area contributed by atoms with Gasteiger partial charge in [0.25, 0.3) is 0 Å². The molecule has 2 aliphatic rings. The smallest absolute Gasteiger partial charge is 0.0175 e. The van der Waals surface area contributed by atoms with Gasteiger partial charge >= 0.3 is 0 Å². The fraction of sp³-hybridized carbons (Fsp3) is 0.667. The van der Waals surface area contributed by atoms with Crippen LogP contribution in [0, 0.1) is 17.8 Å². The second-order valence-corrected chi connectivity index (χ2v) is 7.64. The molecule has 0 heterocycles. The van der Waals surface area contributed by atoms with Gasteiger partial charge in [-0.15, -0.1) is 0 Å². The standard InChI is InChI=1S/C18H26BrN/c1-2-20-12-17(14-5-7-18(19)8-6-14)11-16-10-13-3-4-15(16)9-13/h5-8,13,15-17,20H,2-4,9-12H2,1H3. The highest BCUT2D eigenvalue weighted by Crippen LogP contribution is 2.51. The van der Waals surface area contributed by atoms with Gasteiger partial charge in [0.1, 0.15) is 0 Å². The normalized spacial score (nSPS) is 29.8. The zero-order valence-electron chi connectivity index (χ0n) is 12.4. The fourth-order valence-corrected chi connectivity index (χ4v) is 4.69. The van der Waals surface area contributed by atoms with E-state index in [-0.39, 0.29) is 0 Å². The highest BCUT2D eigenvalue weighted by Gasteiger charge is 2.40. The first kappa shape index (κ1) is 14.6. The van der Waals surface area contributed by atoms with E-state index < -0.39 is 0 Å². The summed E-state index contributed by atoms with van der Waals surface area (Å²) in [5.74, 6) is 3.78. The maximum atomic E-state index is 3.57. The molecule has 1 aromatic carbocycles. The zero-order valence-corrected chi connectivity index (χ0v) is 14.0. The summed E-state index contributed by atoms with van der Waals surface area (Å²) in [6, 6.07) is 8.99. The van der Waals surface area contributed by atoms with Gasteiger partial charge in [-0.1, -0.05) is 41.4 Å². The number of benzene rings is 1. The van der Waals surface area contributed by atoms with Gasteiger partial charge in [0, 0.05) is 11.0 Å². The van der Waals surface area contributed by atoms with Crippen molar-refractivity contribution in [2.45, 2.75) is 44.9 Å². The predicted molar refractivity (Wildman–Crippen MR) is 89.0 cm³/mol. The lowest BCUT2D eigenvalue weighted by atomic mass is 9.80. The van der Waals surface area contributed by atoms with Crippen LogP contribution in [0.4, 0.5) is 0 Å². The molecule has 1 N–H and O–H groups in total. The molecule has 2 aliphatic carbocycles. The SMILES string of the molecule is CCNCC(CC1CC2CCC1C2)c1ccc(Br)cc1. The molecule has 0 spiro atoms. The summed E-state index contributed by atoms with van der Waals surface area (Å²) in [6.45, 7) is 4.41. The van der Waals surface area contributed by atoms with E-state index in [1.165, 1.54) is 42.1 Å². The molecule has 3 rings (SSSR count). The largest absolute Gasteiger partial charge is 0.316 e. The van der Waals surface area contributed by atoms with Gasteiger partial charge in [-0.2, -0.15) is 0 Å². The van der Waals surface area contributed by atoms with Crippen molar-refractivity contribution in [3.8, 4) is 0 Å². The number of hydrogen-bond acceptors (Lipinski definition) is 1. The molecule has 0 radical (unpaired) electrons. The first-order valence-electron chi connectivity index (χ1n) is 8.22. The summed E-state index contributed by atoms with van der Waals surface area (Å²) in [6.07, 6.45) is 7.43. The predicted octanol–water partition coefficient (Wildman–Crippen LogP) is 4.97. The van der Waals surface area contributed by atoms with Crippen LogP contribution in [0.15, 0.2) is 28.7 Å². The Morgan fingerprint density at radius 1 is 1.20 bits per heavy atom. The second kappa shape index (κ2) is 6.62. The van der Waals surface area contributed by atoms with Crippen LogP contribution in [0.3, 0.4) is 0 Å². The minimum absolute atomic E-state index is 0.687. The van der Waals surface area contributed by atoms with Crippen LogP contribution in [0.5, 0.6) is 0 Å². The summed E-state index contributed by atoms with van der Waals surface area (Å²) in [7, 11) is 0. The van der Waals surface area contributed by atoms with Crippen LogP contribution in [0.25, 0.3) is 0 Å². The van der Waals surface area contributed by atoms with E-state index in [0.717, 1.165) is 30.8 Å². The van der Waals surface area contributed by atoms with Crippen molar-refractivity contribution in [2.24, 2.45) is 17.8 Å². The minimum Gasteiger partial charge on any atom is -0.316 e. The molecule has 2 fully saturated rings. The summed E-state index contributed by atoms with van der Waals surface area (Å²) < 4.78 is 1.18. The lowest BCUT2D eigenvalue weighted by Gasteiger charge is -2.27. The summed E-state index contributed by atoms with van der Waals surface area (Å²) in [5, 5.41) is 3.57. The highest BCUT2D eigenvalue weighted by atomic mass is 79.9. The van der Waals surface area contributed by atoms with Gasteiger partial charge in [-0.25, -0.2) is 0 Å². The molecular formula is C18H26BrN. The maximum Gasteiger partial charge on any atom is 0.0175 e. The summed E-state index contributed by atoms with van der Waals surface area (Å²) in [5.41, 5.74) is 1.51. The number of rotatable bonds is 6. The van der Waals surface area contributed by atoms with Gasteiger partial charge in [-0.3, -0.25) is 0 Å². The molecule has 0 aliphatic heterocycles. The molecule has 0 aromatic heterocycles. The molecule has 1 nitrogen and oxygen atoms in total. The van der Waals surface area contributed by atoms with Crippen molar-refractivity contribution in [1.82, 2.24) is 5.32 Å². The van der Waals surface area contributed by atoms with E-state index in [1.54, 1.807) is 0 Å². The Labute approximate surface area is 131 Å². The van der Waals surface area contributed by atoms with Crippen LogP contribution in [0.2, 0.25) is 0 Å². The third-order valence-electron chi connectivity index (χ3n) is 5.45. The Kier molecular flexibility index (Phi) is 4.83. The molecule has 1 aromatic rings. The highest BCUT2D eigenvalue weighted by molar-refractivity contribution is 9.10. The first-order chi connectivity index (χ1) is 9.76. The van der Waals surface area contributed by atoms with E-state index in [4.69, 9.17) is 0 Å². The molecule has 2 saturated carbocycles. The Bertz CT molecular complexity index is 428. The topological polar surface area (TPSA) is 12.0 Å². The Morgan fingerprint density at radius 2 is 2.00 bits per heavy atom. The van der Waals surface area contributed by atoms with E-state index in [2.05, 4.69) is 52.4 Å². The lowest BCUT2D eigenvalue weighted by molar-refractivity contribution is 0.292. The van der Waals surface area contributed by atoms with Crippen LogP contribution >= 0.6 is 15.9 Å². The van der Waals surface area contributed by atoms with E-state index >= 15 is 0 Å². The molecule has 20 heavy (non-hydrogen) atoms. The maximum absolute atomic E-state index is 3.57. The molecule has 2 heteroatoms. The van der Waals surface area contributed by atoms with Crippen molar-refractivity contribution in [1.29, 1.82) is 0 Å². The van der Waals surface area contributed by atoms with E-state index in [0.29, 0.717) is 5.92 Å². The molecule has 4 atom stereocenters. The van der Waals surface area contributed by atoms with Crippen molar-refractivity contribution in [3.63, 3.8) is 0 Å². The number of fused-ring (bicyclic) bond motifs is 2. The molecule has 4 unspecified atom stereocenters. The number of hydrogen-bond donors (Lipinski definition) is 1. The summed E-state index contributed by atoms with van der Waals surface area (Å²) >= 11 is 3.55. The lowest BCUT2D eigenvalue weighted by Crippen LogP contribution is -2.24. The average Bonchev–Trinajstić information content (AvgIpc) is 3.07. The Morgan fingerprint density at radius 3 is 2.60 bits per heavy atom. The summed E-state index contributed by atoms with van der Waals surface area (Å²) in [4.78, 5) is 0. The fourth-order valence-electron chi connectivity index (χ4n) is 4.42. The number of nitrogens with one attached hydrogen (secondary N) is 1. The molecular weight excluding hydrogens is 310 g/mol. The van der Waals surface area contributed by atoms with Gasteiger partial charge in [0.05, 0.1) is 0 Å². The van der Waals surface area contributed by atoms with Gasteiger partial charge in [-0.05, 0) is 73.6 Å². The van der Waals surface area contributed by atoms with Crippen LogP contribution < -0.4 is 5.32 Å². The first-order valence-corrected chi connectivity index (χ1v) is 9.01. The van der Waals surface area contributed by atoms with Crippen molar-refractivity contribution >= 4 is 15.9 Å². The number of likely N-dealkylation sites (N-methyl/N-ethyl adjacent to an activating group) is 1. The molecule has 0 amide bonds. The van der Waals surface area contributed by atoms with Gasteiger partial charge in [0.15, 0.2) is 0 Å². The van der Waals surface area contributed by atoms with Crippen LogP contribution in [-0.2, 0) is 0 Å². The number of halogens is 1. The minimum atomic E-state index is 0.687. The van der Waals surface area contributed by atoms with E-state index in [9.17, 15) is 0 Å². The third kappa shape index (κ3) is 3.28. The monoisotopic (exact) mass is 335 g/mol. The van der Waals surface area contributed by atoms with Crippen molar-refractivity contribution in [3.05, 3.63) is 34.3 Å². The van der Waals surface area contributed by atoms with E-state index in [1.807, 2.05) is 0 Å². The second-order valence-electron chi connectivity index (χ2n) is 6.73. The van der Waals surface area contributed by atoms with Crippen LogP contribution in [0.1, 0.15) is 50.5 Å². The molecule has 2 bridgehead atoms. The molecule has 110 valence electrons. The average molecular weight is 336 g/mol. The van der Waals surface area contributed by atoms with Crippen molar-refractivity contribution < 1.29 is 0 Å².